The Morgan fingerprint density at radius 1 is 1.44 bits per heavy atom. The number of hydrogen-bond donors (Lipinski definition) is 0. The van der Waals surface area contributed by atoms with Gasteiger partial charge in [0, 0.05) is 13.0 Å². The van der Waals surface area contributed by atoms with Crippen molar-refractivity contribution in [3.05, 3.63) is 0 Å². The lowest BCUT2D eigenvalue weighted by molar-refractivity contribution is -0.121. The van der Waals surface area contributed by atoms with E-state index in [-0.39, 0.29) is 5.91 Å². The van der Waals surface area contributed by atoms with Crippen molar-refractivity contribution in [3.8, 4) is 0 Å². The van der Waals surface area contributed by atoms with Crippen LogP contribution in [0.25, 0.3) is 0 Å². The smallest absolute Gasteiger partial charge is 0.240 e. The van der Waals surface area contributed by atoms with Gasteiger partial charge in [-0.2, -0.15) is 0 Å². The predicted molar refractivity (Wildman–Crippen MR) is 37.2 cm³/mol. The molecule has 1 radical (unpaired) electrons. The highest BCUT2D eigenvalue weighted by molar-refractivity contribution is 5.75. The van der Waals surface area contributed by atoms with Crippen LogP contribution < -0.4 is 5.32 Å². The van der Waals surface area contributed by atoms with Crippen LogP contribution in [0.1, 0.15) is 33.1 Å². The molecule has 0 aromatic heterocycles. The summed E-state index contributed by atoms with van der Waals surface area (Å²) in [4.78, 5) is 10.5. The highest BCUT2D eigenvalue weighted by atomic mass is 16.1. The molecule has 0 spiro atoms. The molecule has 53 valence electrons. The van der Waals surface area contributed by atoms with Gasteiger partial charge in [0.25, 0.3) is 0 Å². The second kappa shape index (κ2) is 5.60. The molecule has 0 atom stereocenters. The fourth-order valence-electron chi connectivity index (χ4n) is 0.474. The minimum atomic E-state index is 0.0310. The lowest BCUT2D eigenvalue weighted by atomic mass is 10.3. The summed E-state index contributed by atoms with van der Waals surface area (Å²) in [5.41, 5.74) is 0. The number of carbonyl (C=O) groups is 1. The Morgan fingerprint density at radius 3 is 2.56 bits per heavy atom. The van der Waals surface area contributed by atoms with E-state index in [2.05, 4.69) is 12.2 Å². The normalized spacial score (nSPS) is 9.11. The second-order valence-corrected chi connectivity index (χ2v) is 1.98. The first kappa shape index (κ1) is 8.47. The summed E-state index contributed by atoms with van der Waals surface area (Å²) in [6.07, 6.45) is 2.69. The summed E-state index contributed by atoms with van der Waals surface area (Å²) in [5, 5.41) is 3.79. The van der Waals surface area contributed by atoms with E-state index in [0.29, 0.717) is 13.0 Å². The molecule has 0 N–H and O–H groups in total. The quantitative estimate of drug-likeness (QED) is 0.525. The average molecular weight is 128 g/mol. The molecule has 0 aromatic rings. The van der Waals surface area contributed by atoms with Gasteiger partial charge in [0.15, 0.2) is 0 Å². The molecule has 0 fully saturated rings. The fraction of sp³-hybridized carbons (Fsp3) is 0.857. The predicted octanol–water partition coefficient (Wildman–Crippen LogP) is 1.33. The first-order chi connectivity index (χ1) is 4.31. The first-order valence-electron chi connectivity index (χ1n) is 3.51. The minimum absolute atomic E-state index is 0.0310. The minimum Gasteiger partial charge on any atom is -0.273 e. The molecule has 2 nitrogen and oxygen atoms in total. The van der Waals surface area contributed by atoms with Crippen LogP contribution >= 0.6 is 0 Å². The largest absolute Gasteiger partial charge is 0.273 e. The van der Waals surface area contributed by atoms with E-state index >= 15 is 0 Å². The van der Waals surface area contributed by atoms with E-state index in [1.54, 1.807) is 0 Å². The average Bonchev–Trinajstić information content (AvgIpc) is 1.89. The number of rotatable bonds is 4. The van der Waals surface area contributed by atoms with Crippen LogP contribution in [0.15, 0.2) is 0 Å². The van der Waals surface area contributed by atoms with Crippen molar-refractivity contribution < 1.29 is 4.79 Å². The molecule has 0 aliphatic carbocycles. The van der Waals surface area contributed by atoms with Crippen molar-refractivity contribution in [2.45, 2.75) is 33.1 Å². The Kier molecular flexibility index (Phi) is 5.27. The second-order valence-electron chi connectivity index (χ2n) is 1.98. The molecule has 0 heterocycles. The molecule has 2 heteroatoms. The fourth-order valence-corrected chi connectivity index (χ4v) is 0.474. The van der Waals surface area contributed by atoms with Crippen LogP contribution in [0.2, 0.25) is 0 Å². The maximum absolute atomic E-state index is 10.5. The van der Waals surface area contributed by atoms with E-state index in [9.17, 15) is 4.79 Å². The summed E-state index contributed by atoms with van der Waals surface area (Å²) in [6.45, 7) is 4.63. The standard InChI is InChI=1S/C7H14NO/c1-3-5-6-8-7(9)4-2/h3-6H2,1-2H3. The molecule has 0 unspecified atom stereocenters. The lowest BCUT2D eigenvalue weighted by Gasteiger charge is -1.95. The van der Waals surface area contributed by atoms with Crippen LogP contribution in [0, 0.1) is 0 Å². The maximum Gasteiger partial charge on any atom is 0.240 e. The Labute approximate surface area is 56.6 Å². The molecule has 0 rings (SSSR count). The van der Waals surface area contributed by atoms with E-state index < -0.39 is 0 Å². The van der Waals surface area contributed by atoms with Gasteiger partial charge >= 0.3 is 0 Å². The summed E-state index contributed by atoms with van der Waals surface area (Å²) < 4.78 is 0. The van der Waals surface area contributed by atoms with Gasteiger partial charge in [0.1, 0.15) is 0 Å². The first-order valence-corrected chi connectivity index (χ1v) is 3.51. The zero-order chi connectivity index (χ0) is 7.11. The van der Waals surface area contributed by atoms with Crippen LogP contribution in [0.4, 0.5) is 0 Å². The summed E-state index contributed by atoms with van der Waals surface area (Å²) >= 11 is 0. The van der Waals surface area contributed by atoms with Gasteiger partial charge < -0.3 is 0 Å². The Balaban J connectivity index is 2.97. The zero-order valence-corrected chi connectivity index (χ0v) is 6.18. The Hall–Kier alpha value is -0.530. The number of unbranched alkanes of at least 4 members (excludes halogenated alkanes) is 1. The Morgan fingerprint density at radius 2 is 2.11 bits per heavy atom. The summed E-state index contributed by atoms with van der Waals surface area (Å²) in [5.74, 6) is 0.0310. The molecule has 0 aliphatic rings. The van der Waals surface area contributed by atoms with Gasteiger partial charge in [-0.3, -0.25) is 10.1 Å². The van der Waals surface area contributed by atoms with Gasteiger partial charge in [-0.15, -0.1) is 0 Å². The zero-order valence-electron chi connectivity index (χ0n) is 6.18. The van der Waals surface area contributed by atoms with Gasteiger partial charge in [-0.25, -0.2) is 0 Å². The van der Waals surface area contributed by atoms with Crippen molar-refractivity contribution in [2.75, 3.05) is 6.54 Å². The van der Waals surface area contributed by atoms with E-state index in [0.717, 1.165) is 12.8 Å². The van der Waals surface area contributed by atoms with E-state index in [1.807, 2.05) is 6.92 Å². The maximum atomic E-state index is 10.5. The molecule has 0 saturated heterocycles. The lowest BCUT2D eigenvalue weighted by Crippen LogP contribution is -2.14. The number of nitrogens with zero attached hydrogens (tertiary/aromatic N) is 1. The van der Waals surface area contributed by atoms with Gasteiger partial charge in [0.2, 0.25) is 5.91 Å². The third-order valence-electron chi connectivity index (χ3n) is 1.10. The molecular weight excluding hydrogens is 114 g/mol. The van der Waals surface area contributed by atoms with Crippen LogP contribution in [-0.4, -0.2) is 12.5 Å². The van der Waals surface area contributed by atoms with Crippen molar-refractivity contribution >= 4 is 5.91 Å². The van der Waals surface area contributed by atoms with Crippen molar-refractivity contribution in [1.29, 1.82) is 0 Å². The molecule has 0 aliphatic heterocycles. The van der Waals surface area contributed by atoms with Crippen molar-refractivity contribution in [2.24, 2.45) is 0 Å². The van der Waals surface area contributed by atoms with E-state index in [4.69, 9.17) is 0 Å². The van der Waals surface area contributed by atoms with Crippen LogP contribution in [0.3, 0.4) is 0 Å². The number of carbonyl (C=O) groups excluding carboxylic acids is 1. The summed E-state index contributed by atoms with van der Waals surface area (Å²) in [6, 6.07) is 0. The molecule has 9 heavy (non-hydrogen) atoms. The summed E-state index contributed by atoms with van der Waals surface area (Å²) in [7, 11) is 0. The van der Waals surface area contributed by atoms with Crippen molar-refractivity contribution in [1.82, 2.24) is 5.32 Å². The van der Waals surface area contributed by atoms with Crippen molar-refractivity contribution in [3.63, 3.8) is 0 Å². The van der Waals surface area contributed by atoms with Crippen LogP contribution in [-0.2, 0) is 4.79 Å². The molecular formula is C7H14NO. The topological polar surface area (TPSA) is 31.2 Å². The number of amides is 1. The van der Waals surface area contributed by atoms with Gasteiger partial charge in [-0.05, 0) is 6.42 Å². The highest BCUT2D eigenvalue weighted by Gasteiger charge is 1.94. The highest BCUT2D eigenvalue weighted by Crippen LogP contribution is 1.84. The van der Waals surface area contributed by atoms with Gasteiger partial charge in [0.05, 0.1) is 0 Å². The van der Waals surface area contributed by atoms with E-state index in [1.165, 1.54) is 0 Å². The third-order valence-corrected chi connectivity index (χ3v) is 1.10. The molecule has 0 bridgehead atoms. The van der Waals surface area contributed by atoms with Crippen LogP contribution in [0.5, 0.6) is 0 Å². The monoisotopic (exact) mass is 128 g/mol. The SMILES string of the molecule is CCCC[N]C(=O)CC. The molecule has 1 amide bonds. The molecule has 0 aromatic carbocycles. The Bertz CT molecular complexity index is 81.0. The molecule has 0 saturated carbocycles. The third kappa shape index (κ3) is 5.34. The van der Waals surface area contributed by atoms with Gasteiger partial charge in [-0.1, -0.05) is 20.3 Å². The number of hydrogen-bond acceptors (Lipinski definition) is 1.